The molecule has 0 radical (unpaired) electrons. The quantitative estimate of drug-likeness (QED) is 0.277. The Kier molecular flexibility index (Phi) is 5.50. The average molecular weight is 349 g/mol. The van der Waals surface area contributed by atoms with E-state index in [9.17, 15) is 27.5 Å². The number of nitrogens with zero attached hydrogens (tertiary/aromatic N) is 2. The molecule has 0 fully saturated rings. The summed E-state index contributed by atoms with van der Waals surface area (Å²) >= 11 is 0. The molecule has 1 rings (SSSR count). The molecular formula is C14H16F3N2O3S+. The van der Waals surface area contributed by atoms with Crippen molar-refractivity contribution in [1.82, 2.24) is 4.67 Å². The van der Waals surface area contributed by atoms with E-state index in [0.29, 0.717) is 6.07 Å². The lowest BCUT2D eigenvalue weighted by Gasteiger charge is -2.09. The zero-order valence-electron chi connectivity index (χ0n) is 13.0. The maximum atomic E-state index is 12.8. The Morgan fingerprint density at radius 3 is 2.26 bits per heavy atom. The van der Waals surface area contributed by atoms with Gasteiger partial charge in [-0.15, -0.1) is 0 Å². The minimum atomic E-state index is -4.71. The molecule has 0 saturated carbocycles. The highest BCUT2D eigenvalue weighted by Crippen LogP contribution is 2.32. The van der Waals surface area contributed by atoms with Crippen LogP contribution in [-0.4, -0.2) is 25.1 Å². The van der Waals surface area contributed by atoms with Crippen molar-refractivity contribution >= 4 is 27.7 Å². The van der Waals surface area contributed by atoms with Gasteiger partial charge in [0.1, 0.15) is 10.8 Å². The fraction of sp³-hybridized carbons (Fsp3) is 0.429. The van der Waals surface area contributed by atoms with Gasteiger partial charge in [0.05, 0.1) is 16.1 Å². The van der Waals surface area contributed by atoms with E-state index in [1.807, 2.05) is 0 Å². The number of non-ortho nitro benzene ring substituents is 1. The third-order valence-electron chi connectivity index (χ3n) is 2.82. The molecule has 126 valence electrons. The van der Waals surface area contributed by atoms with E-state index in [2.05, 4.69) is 4.67 Å². The molecule has 0 saturated heterocycles. The standard InChI is InChI=1S/C14H16F3N2O3S/c1-9(18-8-23(22)13(2,3)4)10-5-11(14(15,16)17)7-12(6-10)19(20)21/h5-8H,1-4H3/q+1. The van der Waals surface area contributed by atoms with Crippen molar-refractivity contribution in [2.45, 2.75) is 38.6 Å². The summed E-state index contributed by atoms with van der Waals surface area (Å²) < 4.78 is 53.7. The monoisotopic (exact) mass is 349 g/mol. The minimum Gasteiger partial charge on any atom is -0.258 e. The number of rotatable bonds is 3. The molecule has 0 N–H and O–H groups in total. The lowest BCUT2D eigenvalue weighted by Crippen LogP contribution is -2.23. The first kappa shape index (κ1) is 19.1. The SMILES string of the molecule is CC(=[N+]=CS(=O)C(C)(C)C)c1cc([N+](=O)[O-])cc(C(F)(F)F)c1. The summed E-state index contributed by atoms with van der Waals surface area (Å²) in [7, 11) is -1.44. The first-order valence-electron chi connectivity index (χ1n) is 6.48. The highest BCUT2D eigenvalue weighted by molar-refractivity contribution is 7.99. The van der Waals surface area contributed by atoms with Crippen molar-refractivity contribution in [3.05, 3.63) is 39.4 Å². The summed E-state index contributed by atoms with van der Waals surface area (Å²) in [6.07, 6.45) is -4.71. The summed E-state index contributed by atoms with van der Waals surface area (Å²) in [6.45, 7) is 6.56. The Morgan fingerprint density at radius 1 is 1.26 bits per heavy atom. The molecule has 0 aliphatic rings. The third-order valence-corrected chi connectivity index (χ3v) is 4.32. The molecule has 0 aliphatic heterocycles. The molecule has 1 aromatic carbocycles. The number of benzene rings is 1. The molecule has 0 aromatic heterocycles. The lowest BCUT2D eigenvalue weighted by molar-refractivity contribution is -0.385. The molecule has 0 spiro atoms. The van der Waals surface area contributed by atoms with Crippen molar-refractivity contribution in [3.8, 4) is 0 Å². The van der Waals surface area contributed by atoms with Crippen LogP contribution in [0.4, 0.5) is 18.9 Å². The topological polar surface area (TPSA) is 74.3 Å². The second-order valence-electron chi connectivity index (χ2n) is 5.75. The fourth-order valence-electron chi connectivity index (χ4n) is 1.45. The van der Waals surface area contributed by atoms with Gasteiger partial charge in [-0.05, 0) is 26.8 Å². The fourth-order valence-corrected chi connectivity index (χ4v) is 2.02. The predicted octanol–water partition coefficient (Wildman–Crippen LogP) is 3.07. The molecule has 0 heterocycles. The van der Waals surface area contributed by atoms with Gasteiger partial charge in [-0.25, -0.2) is 4.21 Å². The summed E-state index contributed by atoms with van der Waals surface area (Å²) in [5.74, 6) is 0. The summed E-state index contributed by atoms with van der Waals surface area (Å²) in [5, 5.41) is 10.8. The number of nitro groups is 1. The van der Waals surface area contributed by atoms with Gasteiger partial charge in [0.2, 0.25) is 0 Å². The Morgan fingerprint density at radius 2 is 1.83 bits per heavy atom. The van der Waals surface area contributed by atoms with E-state index in [0.717, 1.165) is 17.7 Å². The molecule has 0 bridgehead atoms. The van der Waals surface area contributed by atoms with Crippen LogP contribution >= 0.6 is 0 Å². The van der Waals surface area contributed by atoms with Crippen LogP contribution in [0.3, 0.4) is 0 Å². The zero-order chi connectivity index (χ0) is 18.0. The highest BCUT2D eigenvalue weighted by atomic mass is 32.2. The van der Waals surface area contributed by atoms with Crippen molar-refractivity contribution < 1.29 is 22.3 Å². The van der Waals surface area contributed by atoms with Crippen LogP contribution in [-0.2, 0) is 17.0 Å². The van der Waals surface area contributed by atoms with Gasteiger partial charge in [0, 0.05) is 23.8 Å². The molecule has 23 heavy (non-hydrogen) atoms. The highest BCUT2D eigenvalue weighted by Gasteiger charge is 2.33. The molecule has 1 aromatic rings. The van der Waals surface area contributed by atoms with Crippen molar-refractivity contribution in [2.75, 3.05) is 0 Å². The van der Waals surface area contributed by atoms with Gasteiger partial charge < -0.3 is 0 Å². The summed E-state index contributed by atoms with van der Waals surface area (Å²) in [4.78, 5) is 9.89. The molecule has 5 nitrogen and oxygen atoms in total. The number of halogens is 3. The van der Waals surface area contributed by atoms with Gasteiger partial charge >= 0.3 is 17.4 Å². The van der Waals surface area contributed by atoms with Gasteiger partial charge in [0.15, 0.2) is 0 Å². The number of alkyl halides is 3. The van der Waals surface area contributed by atoms with Gasteiger partial charge in [-0.2, -0.15) is 13.2 Å². The van der Waals surface area contributed by atoms with E-state index >= 15 is 0 Å². The van der Waals surface area contributed by atoms with Gasteiger partial charge in [-0.3, -0.25) is 10.1 Å². The van der Waals surface area contributed by atoms with Crippen LogP contribution < -0.4 is 4.67 Å². The first-order chi connectivity index (χ1) is 10.3. The predicted molar refractivity (Wildman–Crippen MR) is 84.0 cm³/mol. The van der Waals surface area contributed by atoms with Crippen LogP contribution in [0.5, 0.6) is 0 Å². The van der Waals surface area contributed by atoms with Crippen molar-refractivity contribution in [2.24, 2.45) is 0 Å². The molecule has 1 atom stereocenters. The van der Waals surface area contributed by atoms with Crippen LogP contribution in [0.2, 0.25) is 0 Å². The van der Waals surface area contributed by atoms with Crippen molar-refractivity contribution in [1.29, 1.82) is 0 Å². The van der Waals surface area contributed by atoms with Crippen LogP contribution in [0, 0.1) is 10.1 Å². The Bertz CT molecular complexity index is 715. The zero-order valence-corrected chi connectivity index (χ0v) is 13.8. The van der Waals surface area contributed by atoms with Gasteiger partial charge in [-0.1, -0.05) is 4.67 Å². The van der Waals surface area contributed by atoms with E-state index in [1.165, 1.54) is 6.92 Å². The van der Waals surface area contributed by atoms with Crippen LogP contribution in [0.15, 0.2) is 18.2 Å². The van der Waals surface area contributed by atoms with E-state index in [-0.39, 0.29) is 11.3 Å². The normalized spacial score (nSPS) is 13.2. The smallest absolute Gasteiger partial charge is 0.258 e. The number of nitro benzene ring substituents is 1. The number of hydrogen-bond acceptors (Lipinski definition) is 3. The lowest BCUT2D eigenvalue weighted by atomic mass is 10.1. The molecule has 0 aliphatic carbocycles. The van der Waals surface area contributed by atoms with Gasteiger partial charge in [0.25, 0.3) is 5.69 Å². The van der Waals surface area contributed by atoms with Crippen LogP contribution in [0.1, 0.15) is 38.8 Å². The third kappa shape index (κ3) is 5.30. The molecule has 9 heteroatoms. The maximum Gasteiger partial charge on any atom is 0.416 e. The number of hydrogen-bond donors (Lipinski definition) is 0. The Labute approximate surface area is 133 Å². The second-order valence-corrected chi connectivity index (χ2v) is 7.78. The summed E-state index contributed by atoms with van der Waals surface area (Å²) in [5.41, 5.74) is -0.624. The average Bonchev–Trinajstić information content (AvgIpc) is 2.41. The Balaban J connectivity index is 3.42. The molecule has 0 amide bonds. The largest absolute Gasteiger partial charge is 0.416 e. The van der Waals surface area contributed by atoms with E-state index in [4.69, 9.17) is 0 Å². The van der Waals surface area contributed by atoms with Crippen LogP contribution in [0.25, 0.3) is 0 Å². The van der Waals surface area contributed by atoms with E-state index < -0.39 is 37.9 Å². The first-order valence-corrected chi connectivity index (χ1v) is 7.69. The minimum absolute atomic E-state index is 0.0475. The van der Waals surface area contributed by atoms with Crippen molar-refractivity contribution in [3.63, 3.8) is 0 Å². The maximum absolute atomic E-state index is 12.8. The second kappa shape index (κ2) is 6.64. The van der Waals surface area contributed by atoms with E-state index in [1.54, 1.807) is 20.8 Å². The Hall–Kier alpha value is -1.99. The molecule has 1 unspecified atom stereocenters. The summed E-state index contributed by atoms with van der Waals surface area (Å²) in [6, 6.07) is 2.25. The molecular weight excluding hydrogens is 333 g/mol.